The second-order valence-corrected chi connectivity index (χ2v) is 10.2. The Morgan fingerprint density at radius 2 is 1.05 bits per heavy atom. The van der Waals surface area contributed by atoms with Gasteiger partial charge in [0, 0.05) is 22.1 Å². The molecule has 2 nitrogen and oxygen atoms in total. The quantitative estimate of drug-likeness (QED) is 0.234. The SMILES string of the molecule is c1ccc(-c2ccc(N(c3ccc4ccccc4c3)c3cc4ccccc4c4oc5ccccc5c34)cc2)cc1. The molecule has 0 spiro atoms. The number of anilines is 3. The van der Waals surface area contributed by atoms with Gasteiger partial charge in [-0.3, -0.25) is 0 Å². The van der Waals surface area contributed by atoms with Crippen LogP contribution in [0.15, 0.2) is 156 Å². The molecule has 1 heterocycles. The van der Waals surface area contributed by atoms with E-state index in [0.717, 1.165) is 49.8 Å². The number of hydrogen-bond donors (Lipinski definition) is 0. The van der Waals surface area contributed by atoms with Crippen molar-refractivity contribution in [1.82, 2.24) is 0 Å². The number of benzene rings is 7. The zero-order valence-corrected chi connectivity index (χ0v) is 21.8. The van der Waals surface area contributed by atoms with Crippen LogP contribution >= 0.6 is 0 Å². The lowest BCUT2D eigenvalue weighted by Gasteiger charge is -2.27. The van der Waals surface area contributed by atoms with Crippen LogP contribution < -0.4 is 4.90 Å². The smallest absolute Gasteiger partial charge is 0.145 e. The van der Waals surface area contributed by atoms with E-state index >= 15 is 0 Å². The highest BCUT2D eigenvalue weighted by Crippen LogP contribution is 2.46. The number of fused-ring (bicyclic) bond motifs is 6. The predicted octanol–water partition coefficient (Wildman–Crippen LogP) is 11.0. The maximum atomic E-state index is 6.55. The van der Waals surface area contributed by atoms with E-state index in [9.17, 15) is 0 Å². The fraction of sp³-hybridized carbons (Fsp3) is 0. The number of rotatable bonds is 4. The number of nitrogens with zero attached hydrogens (tertiary/aromatic N) is 1. The average molecular weight is 512 g/mol. The van der Waals surface area contributed by atoms with Crippen LogP contribution in [0.1, 0.15) is 0 Å². The molecular formula is C38H25NO. The lowest BCUT2D eigenvalue weighted by molar-refractivity contribution is 0.672. The van der Waals surface area contributed by atoms with E-state index in [4.69, 9.17) is 4.42 Å². The van der Waals surface area contributed by atoms with Gasteiger partial charge < -0.3 is 9.32 Å². The van der Waals surface area contributed by atoms with Crippen LogP contribution in [0.2, 0.25) is 0 Å². The van der Waals surface area contributed by atoms with Crippen molar-refractivity contribution < 1.29 is 4.42 Å². The van der Waals surface area contributed by atoms with Crippen molar-refractivity contribution in [2.75, 3.05) is 4.90 Å². The third-order valence-electron chi connectivity index (χ3n) is 7.81. The van der Waals surface area contributed by atoms with Gasteiger partial charge in [0.2, 0.25) is 0 Å². The van der Waals surface area contributed by atoms with Crippen molar-refractivity contribution in [1.29, 1.82) is 0 Å². The lowest BCUT2D eigenvalue weighted by Crippen LogP contribution is -2.10. The summed E-state index contributed by atoms with van der Waals surface area (Å²) in [6.07, 6.45) is 0. The molecule has 0 aliphatic carbocycles. The van der Waals surface area contributed by atoms with Crippen molar-refractivity contribution in [3.63, 3.8) is 0 Å². The van der Waals surface area contributed by atoms with E-state index in [2.05, 4.69) is 150 Å². The summed E-state index contributed by atoms with van der Waals surface area (Å²) in [5, 5.41) is 6.94. The Hall–Kier alpha value is -5.34. The van der Waals surface area contributed by atoms with Gasteiger partial charge in [0.05, 0.1) is 11.1 Å². The van der Waals surface area contributed by atoms with Crippen molar-refractivity contribution in [3.8, 4) is 11.1 Å². The zero-order valence-electron chi connectivity index (χ0n) is 21.8. The first kappa shape index (κ1) is 22.6. The summed E-state index contributed by atoms with van der Waals surface area (Å²) in [4.78, 5) is 2.37. The summed E-state index contributed by atoms with van der Waals surface area (Å²) >= 11 is 0. The topological polar surface area (TPSA) is 16.4 Å². The first-order valence-electron chi connectivity index (χ1n) is 13.6. The van der Waals surface area contributed by atoms with Crippen LogP contribution in [0.4, 0.5) is 17.1 Å². The summed E-state index contributed by atoms with van der Waals surface area (Å²) in [6, 6.07) is 53.8. The van der Waals surface area contributed by atoms with Gasteiger partial charge >= 0.3 is 0 Å². The summed E-state index contributed by atoms with van der Waals surface area (Å²) in [6.45, 7) is 0. The van der Waals surface area contributed by atoms with E-state index in [1.54, 1.807) is 0 Å². The van der Waals surface area contributed by atoms with Gasteiger partial charge in [-0.25, -0.2) is 0 Å². The molecule has 0 aliphatic heterocycles. The summed E-state index contributed by atoms with van der Waals surface area (Å²) in [5.74, 6) is 0. The summed E-state index contributed by atoms with van der Waals surface area (Å²) in [7, 11) is 0. The van der Waals surface area contributed by atoms with Gasteiger partial charge in [0.1, 0.15) is 11.2 Å². The first-order valence-corrected chi connectivity index (χ1v) is 13.6. The highest BCUT2D eigenvalue weighted by molar-refractivity contribution is 6.22. The Morgan fingerprint density at radius 3 is 1.88 bits per heavy atom. The van der Waals surface area contributed by atoms with Crippen LogP contribution in [0, 0.1) is 0 Å². The molecule has 0 fully saturated rings. The van der Waals surface area contributed by atoms with Crippen LogP contribution in [-0.2, 0) is 0 Å². The molecule has 8 rings (SSSR count). The molecule has 0 N–H and O–H groups in total. The fourth-order valence-corrected chi connectivity index (χ4v) is 5.89. The molecule has 1 aromatic heterocycles. The molecule has 40 heavy (non-hydrogen) atoms. The van der Waals surface area contributed by atoms with Crippen LogP contribution in [-0.4, -0.2) is 0 Å². The Labute approximate surface area is 232 Å². The zero-order chi connectivity index (χ0) is 26.5. The molecule has 0 amide bonds. The molecule has 0 saturated carbocycles. The van der Waals surface area contributed by atoms with Gasteiger partial charge in [-0.15, -0.1) is 0 Å². The van der Waals surface area contributed by atoms with Gasteiger partial charge in [-0.05, 0) is 63.7 Å². The minimum atomic E-state index is 0.896. The lowest BCUT2D eigenvalue weighted by atomic mass is 10.0. The fourth-order valence-electron chi connectivity index (χ4n) is 5.89. The molecule has 0 unspecified atom stereocenters. The summed E-state index contributed by atoms with van der Waals surface area (Å²) < 4.78 is 6.55. The molecule has 8 aromatic rings. The molecule has 7 aromatic carbocycles. The molecule has 0 atom stereocenters. The maximum Gasteiger partial charge on any atom is 0.145 e. The van der Waals surface area contributed by atoms with E-state index < -0.39 is 0 Å². The van der Waals surface area contributed by atoms with E-state index in [-0.39, 0.29) is 0 Å². The van der Waals surface area contributed by atoms with Crippen LogP contribution in [0.5, 0.6) is 0 Å². The minimum absolute atomic E-state index is 0.896. The number of hydrogen-bond acceptors (Lipinski definition) is 2. The third kappa shape index (κ3) is 3.65. The highest BCUT2D eigenvalue weighted by Gasteiger charge is 2.22. The normalized spacial score (nSPS) is 11.5. The minimum Gasteiger partial charge on any atom is -0.455 e. The van der Waals surface area contributed by atoms with Gasteiger partial charge in [-0.1, -0.05) is 115 Å². The van der Waals surface area contributed by atoms with Gasteiger partial charge in [0.15, 0.2) is 0 Å². The largest absolute Gasteiger partial charge is 0.455 e. The summed E-state index contributed by atoms with van der Waals surface area (Å²) in [5.41, 5.74) is 7.51. The number of para-hydroxylation sites is 1. The van der Waals surface area contributed by atoms with E-state index in [1.807, 2.05) is 6.07 Å². The number of furan rings is 1. The first-order chi connectivity index (χ1) is 19.8. The Balaban J connectivity index is 1.43. The molecule has 0 saturated heterocycles. The third-order valence-corrected chi connectivity index (χ3v) is 7.81. The molecular weight excluding hydrogens is 486 g/mol. The van der Waals surface area contributed by atoms with Gasteiger partial charge in [0.25, 0.3) is 0 Å². The average Bonchev–Trinajstić information content (AvgIpc) is 3.42. The van der Waals surface area contributed by atoms with E-state index in [0.29, 0.717) is 0 Å². The highest BCUT2D eigenvalue weighted by atomic mass is 16.3. The van der Waals surface area contributed by atoms with E-state index in [1.165, 1.54) is 21.9 Å². The second kappa shape index (κ2) is 9.14. The van der Waals surface area contributed by atoms with Crippen molar-refractivity contribution in [2.45, 2.75) is 0 Å². The standard InChI is InChI=1S/C38H25NO/c1-2-10-26(11-3-1)28-18-21-31(22-19-28)39(32-23-20-27-12-4-5-13-29(27)24-32)35-25-30-14-6-7-15-33(30)38-37(35)34-16-8-9-17-36(34)40-38/h1-25H. The molecule has 0 radical (unpaired) electrons. The van der Waals surface area contributed by atoms with Crippen molar-refractivity contribution in [3.05, 3.63) is 152 Å². The Kier molecular flexibility index (Phi) is 5.17. The predicted molar refractivity (Wildman–Crippen MR) is 169 cm³/mol. The molecule has 188 valence electrons. The van der Waals surface area contributed by atoms with Crippen LogP contribution in [0.25, 0.3) is 54.6 Å². The maximum absolute atomic E-state index is 6.55. The molecule has 0 bridgehead atoms. The van der Waals surface area contributed by atoms with Crippen LogP contribution in [0.3, 0.4) is 0 Å². The van der Waals surface area contributed by atoms with Crippen molar-refractivity contribution in [2.24, 2.45) is 0 Å². The van der Waals surface area contributed by atoms with Crippen molar-refractivity contribution >= 4 is 60.5 Å². The van der Waals surface area contributed by atoms with Gasteiger partial charge in [-0.2, -0.15) is 0 Å². The Bertz CT molecular complexity index is 2160. The molecule has 0 aliphatic rings. The monoisotopic (exact) mass is 511 g/mol. The molecule has 2 heteroatoms. The second-order valence-electron chi connectivity index (χ2n) is 10.2. The Morgan fingerprint density at radius 1 is 0.425 bits per heavy atom.